The average molecular weight is 263 g/mol. The normalized spacial score (nSPS) is 11.7. The Labute approximate surface area is 110 Å². The number of carboxylic acid groups (broad SMARTS) is 1. The van der Waals surface area contributed by atoms with Crippen LogP contribution in [0.1, 0.15) is 32.5 Å². The zero-order chi connectivity index (χ0) is 14.0. The fourth-order valence-corrected chi connectivity index (χ4v) is 2.04. The van der Waals surface area contributed by atoms with Crippen LogP contribution in [0.25, 0.3) is 5.65 Å². The molecule has 0 aliphatic heterocycles. The van der Waals surface area contributed by atoms with Gasteiger partial charge in [-0.25, -0.2) is 9.78 Å². The fraction of sp³-hybridized carbons (Fsp3) is 0.500. The number of nitrogens with zero attached hydrogens (tertiary/aromatic N) is 4. The lowest BCUT2D eigenvalue weighted by molar-refractivity contribution is -0.142. The van der Waals surface area contributed by atoms with Gasteiger partial charge >= 0.3 is 5.97 Å². The number of rotatable bonds is 5. The first-order valence-corrected chi connectivity index (χ1v) is 6.22. The summed E-state index contributed by atoms with van der Waals surface area (Å²) in [6.45, 7) is 5.49. The summed E-state index contributed by atoms with van der Waals surface area (Å²) in [6, 6.07) is 0. The van der Waals surface area contributed by atoms with Crippen LogP contribution >= 0.6 is 0 Å². The molecule has 0 bridgehead atoms. The maximum atomic E-state index is 11.5. The van der Waals surface area contributed by atoms with Crippen LogP contribution in [0.4, 0.5) is 5.82 Å². The Kier molecular flexibility index (Phi) is 3.37. The highest BCUT2D eigenvalue weighted by Gasteiger charge is 2.35. The van der Waals surface area contributed by atoms with Crippen LogP contribution in [0.2, 0.25) is 0 Å². The molecule has 0 fully saturated rings. The second-order valence-electron chi connectivity index (χ2n) is 4.44. The van der Waals surface area contributed by atoms with E-state index in [2.05, 4.69) is 20.5 Å². The SMILES string of the molecule is CCC(CC)(Nc1nccn2c(C)nnc12)C(=O)O. The van der Waals surface area contributed by atoms with E-state index in [1.807, 2.05) is 20.8 Å². The third-order valence-electron chi connectivity index (χ3n) is 3.47. The second kappa shape index (κ2) is 4.83. The van der Waals surface area contributed by atoms with Crippen LogP contribution in [0.3, 0.4) is 0 Å². The summed E-state index contributed by atoms with van der Waals surface area (Å²) in [5, 5.41) is 20.4. The molecule has 2 rings (SSSR count). The van der Waals surface area contributed by atoms with Crippen LogP contribution in [0, 0.1) is 6.92 Å². The summed E-state index contributed by atoms with van der Waals surface area (Å²) in [4.78, 5) is 15.7. The predicted octanol–water partition coefficient (Wildman–Crippen LogP) is 1.49. The monoisotopic (exact) mass is 263 g/mol. The van der Waals surface area contributed by atoms with Gasteiger partial charge in [0.25, 0.3) is 0 Å². The smallest absolute Gasteiger partial charge is 0.329 e. The number of carbonyl (C=O) groups is 1. The number of nitrogens with one attached hydrogen (secondary N) is 1. The topological polar surface area (TPSA) is 92.4 Å². The zero-order valence-corrected chi connectivity index (χ0v) is 11.2. The first kappa shape index (κ1) is 13.3. The Morgan fingerprint density at radius 1 is 1.42 bits per heavy atom. The summed E-state index contributed by atoms with van der Waals surface area (Å²) in [7, 11) is 0. The molecule has 102 valence electrons. The first-order chi connectivity index (χ1) is 9.04. The molecule has 2 heterocycles. The fourth-order valence-electron chi connectivity index (χ4n) is 2.04. The first-order valence-electron chi connectivity index (χ1n) is 6.22. The van der Waals surface area contributed by atoms with Gasteiger partial charge in [-0.3, -0.25) is 4.40 Å². The largest absolute Gasteiger partial charge is 0.480 e. The highest BCUT2D eigenvalue weighted by Crippen LogP contribution is 2.23. The third-order valence-corrected chi connectivity index (χ3v) is 3.47. The molecular formula is C12H17N5O2. The van der Waals surface area contributed by atoms with E-state index in [9.17, 15) is 9.90 Å². The highest BCUT2D eigenvalue weighted by atomic mass is 16.4. The van der Waals surface area contributed by atoms with Crippen LogP contribution in [-0.2, 0) is 4.79 Å². The summed E-state index contributed by atoms with van der Waals surface area (Å²) >= 11 is 0. The van der Waals surface area contributed by atoms with Gasteiger partial charge in [-0.05, 0) is 19.8 Å². The minimum absolute atomic E-state index is 0.439. The number of anilines is 1. The number of aromatic nitrogens is 4. The molecule has 7 heteroatoms. The molecular weight excluding hydrogens is 246 g/mol. The molecule has 2 aromatic rings. The van der Waals surface area contributed by atoms with Crippen LogP contribution < -0.4 is 5.32 Å². The number of hydrogen-bond donors (Lipinski definition) is 2. The number of aryl methyl sites for hydroxylation is 1. The van der Waals surface area contributed by atoms with Gasteiger partial charge in [-0.15, -0.1) is 10.2 Å². The van der Waals surface area contributed by atoms with Gasteiger partial charge in [-0.1, -0.05) is 13.8 Å². The number of fused-ring (bicyclic) bond motifs is 1. The molecule has 0 aliphatic rings. The Morgan fingerprint density at radius 2 is 2.11 bits per heavy atom. The molecule has 0 saturated carbocycles. The lowest BCUT2D eigenvalue weighted by Gasteiger charge is -2.28. The van der Waals surface area contributed by atoms with Crippen molar-refractivity contribution in [3.05, 3.63) is 18.2 Å². The molecule has 2 N–H and O–H groups in total. The molecule has 0 saturated heterocycles. The quantitative estimate of drug-likeness (QED) is 0.849. The summed E-state index contributed by atoms with van der Waals surface area (Å²) < 4.78 is 1.77. The second-order valence-corrected chi connectivity index (χ2v) is 4.44. The van der Waals surface area contributed by atoms with Gasteiger partial charge in [0, 0.05) is 12.4 Å². The van der Waals surface area contributed by atoms with Gasteiger partial charge in [0.2, 0.25) is 5.65 Å². The van der Waals surface area contributed by atoms with Gasteiger partial charge < -0.3 is 10.4 Å². The molecule has 0 aromatic carbocycles. The lowest BCUT2D eigenvalue weighted by Crippen LogP contribution is -2.45. The van der Waals surface area contributed by atoms with E-state index in [1.165, 1.54) is 0 Å². The molecule has 7 nitrogen and oxygen atoms in total. The van der Waals surface area contributed by atoms with Crippen molar-refractivity contribution < 1.29 is 9.90 Å². The van der Waals surface area contributed by atoms with Gasteiger partial charge in [0.15, 0.2) is 5.82 Å². The maximum absolute atomic E-state index is 11.5. The lowest BCUT2D eigenvalue weighted by atomic mass is 9.93. The van der Waals surface area contributed by atoms with Crippen LogP contribution in [0.5, 0.6) is 0 Å². The van der Waals surface area contributed by atoms with Gasteiger partial charge in [0.1, 0.15) is 11.4 Å². The minimum Gasteiger partial charge on any atom is -0.480 e. The van der Waals surface area contributed by atoms with Crippen molar-refractivity contribution in [2.75, 3.05) is 5.32 Å². The van der Waals surface area contributed by atoms with Crippen molar-refractivity contribution in [1.82, 2.24) is 19.6 Å². The summed E-state index contributed by atoms with van der Waals surface area (Å²) in [5.74, 6) is 0.279. The number of carboxylic acids is 1. The minimum atomic E-state index is -1.03. The number of aliphatic carboxylic acids is 1. The Balaban J connectivity index is 2.48. The van der Waals surface area contributed by atoms with E-state index in [-0.39, 0.29) is 0 Å². The van der Waals surface area contributed by atoms with Crippen molar-refractivity contribution in [3.8, 4) is 0 Å². The third kappa shape index (κ3) is 2.11. The molecule has 0 amide bonds. The van der Waals surface area contributed by atoms with Crippen molar-refractivity contribution >= 4 is 17.4 Å². The Bertz CT molecular complexity index is 603. The molecule has 0 spiro atoms. The van der Waals surface area contributed by atoms with E-state index < -0.39 is 11.5 Å². The molecule has 0 radical (unpaired) electrons. The van der Waals surface area contributed by atoms with Crippen molar-refractivity contribution in [2.45, 2.75) is 39.2 Å². The zero-order valence-electron chi connectivity index (χ0n) is 11.2. The van der Waals surface area contributed by atoms with E-state index in [0.29, 0.717) is 24.3 Å². The Hall–Kier alpha value is -2.18. The molecule has 0 aliphatic carbocycles. The van der Waals surface area contributed by atoms with E-state index in [1.54, 1.807) is 16.8 Å². The Morgan fingerprint density at radius 3 is 2.68 bits per heavy atom. The molecule has 0 atom stereocenters. The standard InChI is InChI=1S/C12H17N5O2/c1-4-12(5-2,11(18)19)14-9-10-16-15-8(3)17(10)7-6-13-9/h6-7H,4-5H2,1-3H3,(H,13,14)(H,18,19). The maximum Gasteiger partial charge on any atom is 0.329 e. The van der Waals surface area contributed by atoms with E-state index in [4.69, 9.17) is 0 Å². The molecule has 2 aromatic heterocycles. The predicted molar refractivity (Wildman–Crippen MR) is 70.1 cm³/mol. The van der Waals surface area contributed by atoms with Crippen LogP contribution in [0.15, 0.2) is 12.4 Å². The molecule has 19 heavy (non-hydrogen) atoms. The average Bonchev–Trinajstić information content (AvgIpc) is 2.78. The van der Waals surface area contributed by atoms with Crippen molar-refractivity contribution in [1.29, 1.82) is 0 Å². The summed E-state index contributed by atoms with van der Waals surface area (Å²) in [6.07, 6.45) is 4.25. The van der Waals surface area contributed by atoms with Gasteiger partial charge in [-0.2, -0.15) is 0 Å². The highest BCUT2D eigenvalue weighted by molar-refractivity contribution is 5.83. The van der Waals surface area contributed by atoms with Crippen molar-refractivity contribution in [2.24, 2.45) is 0 Å². The van der Waals surface area contributed by atoms with Crippen LogP contribution in [-0.4, -0.2) is 36.2 Å². The summed E-state index contributed by atoms with van der Waals surface area (Å²) in [5.41, 5.74) is -0.498. The molecule has 0 unspecified atom stereocenters. The number of hydrogen-bond acceptors (Lipinski definition) is 5. The van der Waals surface area contributed by atoms with Crippen molar-refractivity contribution in [3.63, 3.8) is 0 Å². The van der Waals surface area contributed by atoms with E-state index >= 15 is 0 Å². The van der Waals surface area contributed by atoms with E-state index in [0.717, 1.165) is 5.82 Å². The van der Waals surface area contributed by atoms with Gasteiger partial charge in [0.05, 0.1) is 0 Å².